The molecule has 5 nitrogen and oxygen atoms in total. The Balaban J connectivity index is 0.000000470. The molecule has 40 heavy (non-hydrogen) atoms. The van der Waals surface area contributed by atoms with Crippen LogP contribution < -0.4 is 0 Å². The summed E-state index contributed by atoms with van der Waals surface area (Å²) in [6, 6.07) is 29.2. The fourth-order valence-corrected chi connectivity index (χ4v) is 5.15. The molecule has 1 fully saturated rings. The number of aromatic nitrogens is 2. The van der Waals surface area contributed by atoms with Gasteiger partial charge in [-0.3, -0.25) is 5.10 Å². The van der Waals surface area contributed by atoms with E-state index in [-0.39, 0.29) is 5.41 Å². The van der Waals surface area contributed by atoms with Crippen LogP contribution in [0.3, 0.4) is 0 Å². The number of hydrogen-bond acceptors (Lipinski definition) is 3. The molecule has 2 heterocycles. The second-order valence-electron chi connectivity index (χ2n) is 9.64. The highest BCUT2D eigenvalue weighted by molar-refractivity contribution is 6.30. The van der Waals surface area contributed by atoms with Crippen molar-refractivity contribution in [1.29, 1.82) is 0 Å². The molecule has 0 aliphatic carbocycles. The number of carboxylic acid groups (broad SMARTS) is 1. The lowest BCUT2D eigenvalue weighted by molar-refractivity contribution is -0.192. The number of likely N-dealkylation sites (tertiary alicyclic amines) is 1. The van der Waals surface area contributed by atoms with Crippen LogP contribution in [0.1, 0.15) is 29.7 Å². The number of carbonyl (C=O) groups is 1. The highest BCUT2D eigenvalue weighted by Gasteiger charge is 2.39. The lowest BCUT2D eigenvalue weighted by atomic mass is 9.70. The molecule has 0 amide bonds. The van der Waals surface area contributed by atoms with Crippen LogP contribution in [-0.4, -0.2) is 52.0 Å². The van der Waals surface area contributed by atoms with Crippen LogP contribution in [0, 0.1) is 0 Å². The van der Waals surface area contributed by atoms with Crippen molar-refractivity contribution >= 4 is 29.2 Å². The molecular weight excluding hydrogens is 562 g/mol. The minimum absolute atomic E-state index is 0.0598. The molecule has 0 bridgehead atoms. The van der Waals surface area contributed by atoms with Gasteiger partial charge in [0.05, 0.1) is 5.69 Å². The Bertz CT molecular complexity index is 1380. The third kappa shape index (κ3) is 7.44. The Morgan fingerprint density at radius 1 is 0.925 bits per heavy atom. The Kier molecular flexibility index (Phi) is 9.56. The first-order chi connectivity index (χ1) is 19.1. The van der Waals surface area contributed by atoms with Crippen LogP contribution in [0.25, 0.3) is 11.3 Å². The number of H-pyrrole nitrogens is 1. The molecule has 2 N–H and O–H groups in total. The summed E-state index contributed by atoms with van der Waals surface area (Å²) in [4.78, 5) is 11.5. The zero-order valence-electron chi connectivity index (χ0n) is 21.5. The molecule has 0 radical (unpaired) electrons. The number of hydrogen-bond donors (Lipinski definition) is 2. The van der Waals surface area contributed by atoms with E-state index in [9.17, 15) is 13.2 Å². The molecule has 210 valence electrons. The van der Waals surface area contributed by atoms with Crippen molar-refractivity contribution in [3.05, 3.63) is 112 Å². The van der Waals surface area contributed by atoms with Crippen LogP contribution in [0.4, 0.5) is 13.2 Å². The van der Waals surface area contributed by atoms with Crippen molar-refractivity contribution in [2.45, 2.75) is 30.9 Å². The molecule has 0 atom stereocenters. The van der Waals surface area contributed by atoms with E-state index in [1.807, 2.05) is 36.4 Å². The number of halogens is 5. The zero-order valence-corrected chi connectivity index (χ0v) is 23.0. The Morgan fingerprint density at radius 2 is 1.48 bits per heavy atom. The number of nitrogens with one attached hydrogen (secondary N) is 1. The molecule has 0 saturated carbocycles. The quantitative estimate of drug-likeness (QED) is 0.242. The summed E-state index contributed by atoms with van der Waals surface area (Å²) in [5.74, 6) is -2.76. The second kappa shape index (κ2) is 12.9. The van der Waals surface area contributed by atoms with Gasteiger partial charge in [0.1, 0.15) is 0 Å². The highest BCUT2D eigenvalue weighted by atomic mass is 35.5. The number of carboxylic acids is 1. The van der Waals surface area contributed by atoms with Crippen molar-refractivity contribution in [2.75, 3.05) is 19.6 Å². The van der Waals surface area contributed by atoms with Gasteiger partial charge in [0, 0.05) is 33.3 Å². The van der Waals surface area contributed by atoms with Crippen molar-refractivity contribution in [3.63, 3.8) is 0 Å². The molecule has 4 aromatic rings. The van der Waals surface area contributed by atoms with Crippen molar-refractivity contribution < 1.29 is 23.1 Å². The van der Waals surface area contributed by atoms with Crippen molar-refractivity contribution in [3.8, 4) is 11.3 Å². The summed E-state index contributed by atoms with van der Waals surface area (Å²) in [5, 5.41) is 16.7. The van der Waals surface area contributed by atoms with E-state index in [4.69, 9.17) is 33.1 Å². The van der Waals surface area contributed by atoms with Gasteiger partial charge >= 0.3 is 12.1 Å². The van der Waals surface area contributed by atoms with Gasteiger partial charge in [0.2, 0.25) is 0 Å². The van der Waals surface area contributed by atoms with E-state index >= 15 is 0 Å². The second-order valence-corrected chi connectivity index (χ2v) is 10.5. The van der Waals surface area contributed by atoms with Crippen LogP contribution in [0.5, 0.6) is 0 Å². The van der Waals surface area contributed by atoms with E-state index in [1.165, 1.54) is 16.8 Å². The lowest BCUT2D eigenvalue weighted by Gasteiger charge is -2.41. The van der Waals surface area contributed by atoms with Crippen molar-refractivity contribution in [1.82, 2.24) is 15.1 Å². The van der Waals surface area contributed by atoms with E-state index < -0.39 is 12.1 Å². The predicted octanol–water partition coefficient (Wildman–Crippen LogP) is 7.64. The fraction of sp³-hybridized carbons (Fsp3) is 0.267. The van der Waals surface area contributed by atoms with Gasteiger partial charge in [0.15, 0.2) is 0 Å². The third-order valence-corrected chi connectivity index (χ3v) is 7.65. The van der Waals surface area contributed by atoms with Crippen LogP contribution >= 0.6 is 23.2 Å². The van der Waals surface area contributed by atoms with E-state index in [0.29, 0.717) is 0 Å². The first kappa shape index (κ1) is 29.6. The number of rotatable bonds is 6. The molecule has 1 aliphatic heterocycles. The van der Waals surface area contributed by atoms with Crippen LogP contribution in [-0.2, 0) is 16.6 Å². The number of alkyl halides is 3. The maximum absolute atomic E-state index is 10.6. The minimum atomic E-state index is -5.08. The maximum Gasteiger partial charge on any atom is 0.490 e. The molecule has 1 saturated heterocycles. The van der Waals surface area contributed by atoms with Gasteiger partial charge in [-0.25, -0.2) is 4.79 Å². The fourth-order valence-electron chi connectivity index (χ4n) is 4.90. The first-order valence-corrected chi connectivity index (χ1v) is 13.5. The number of aliphatic carboxylic acids is 1. The summed E-state index contributed by atoms with van der Waals surface area (Å²) in [6.45, 7) is 3.17. The lowest BCUT2D eigenvalue weighted by Crippen LogP contribution is -2.44. The van der Waals surface area contributed by atoms with Gasteiger partial charge < -0.3 is 10.0 Å². The van der Waals surface area contributed by atoms with Crippen LogP contribution in [0.15, 0.2) is 84.9 Å². The van der Waals surface area contributed by atoms with E-state index in [1.54, 1.807) is 0 Å². The Morgan fingerprint density at radius 3 is 2.02 bits per heavy atom. The summed E-state index contributed by atoms with van der Waals surface area (Å²) in [5.41, 5.74) is 5.85. The summed E-state index contributed by atoms with van der Waals surface area (Å²) in [7, 11) is 0. The number of piperidine rings is 1. The molecule has 3 aromatic carbocycles. The molecule has 1 aliphatic rings. The van der Waals surface area contributed by atoms with Crippen molar-refractivity contribution in [2.24, 2.45) is 0 Å². The normalized spacial score (nSPS) is 15.2. The Hall–Kier alpha value is -3.33. The van der Waals surface area contributed by atoms with E-state index in [0.717, 1.165) is 60.2 Å². The highest BCUT2D eigenvalue weighted by Crippen LogP contribution is 2.42. The van der Waals surface area contributed by atoms with Gasteiger partial charge in [-0.2, -0.15) is 18.3 Å². The summed E-state index contributed by atoms with van der Waals surface area (Å²) in [6.07, 6.45) is -1.93. The average Bonchev–Trinajstić information content (AvgIpc) is 3.45. The molecular formula is C30H28Cl2F3N3O2. The number of benzene rings is 3. The topological polar surface area (TPSA) is 69.2 Å². The molecule has 0 unspecified atom stereocenters. The summed E-state index contributed by atoms with van der Waals surface area (Å²) < 4.78 is 31.7. The first-order valence-electron chi connectivity index (χ1n) is 12.7. The third-order valence-electron chi connectivity index (χ3n) is 7.14. The molecule has 5 rings (SSSR count). The maximum atomic E-state index is 10.6. The predicted molar refractivity (Wildman–Crippen MR) is 151 cm³/mol. The SMILES string of the molecule is Clc1ccc(CCN2CCC(c3ccccc3)(c3cc(-c4ccc(Cl)cc4)n[nH]3)CC2)cc1.O=C(O)C(F)(F)F. The molecule has 10 heteroatoms. The average molecular weight is 590 g/mol. The number of aromatic amines is 1. The minimum Gasteiger partial charge on any atom is -0.475 e. The molecule has 1 aromatic heterocycles. The number of nitrogens with zero attached hydrogens (tertiary/aromatic N) is 2. The van der Waals surface area contributed by atoms with E-state index in [2.05, 4.69) is 63.6 Å². The standard InChI is InChI=1S/C28H27Cl2N3.C2HF3O2/c29-24-10-6-21(7-11-24)14-17-33-18-15-28(16-19-33,23-4-2-1-3-5-23)27-20-26(31-32-27)22-8-12-25(30)13-9-22;3-2(4,5)1(6)7/h1-13,20H,14-19H2,(H,31,32);(H,6,7). The smallest absolute Gasteiger partial charge is 0.475 e. The Labute approximate surface area is 240 Å². The largest absolute Gasteiger partial charge is 0.490 e. The summed E-state index contributed by atoms with van der Waals surface area (Å²) >= 11 is 12.1. The monoisotopic (exact) mass is 589 g/mol. The molecule has 0 spiro atoms. The van der Waals surface area contributed by atoms with Gasteiger partial charge in [-0.1, -0.05) is 77.8 Å². The van der Waals surface area contributed by atoms with Gasteiger partial charge in [-0.05, 0) is 73.8 Å². The van der Waals surface area contributed by atoms with Gasteiger partial charge in [-0.15, -0.1) is 0 Å². The van der Waals surface area contributed by atoms with Crippen LogP contribution in [0.2, 0.25) is 10.0 Å². The van der Waals surface area contributed by atoms with Gasteiger partial charge in [0.25, 0.3) is 0 Å². The zero-order chi connectivity index (χ0) is 28.8.